The normalized spacial score (nSPS) is 23.0. The third-order valence-corrected chi connectivity index (χ3v) is 6.38. The van der Waals surface area contributed by atoms with E-state index in [4.69, 9.17) is 16.6 Å². The van der Waals surface area contributed by atoms with Gasteiger partial charge in [0.2, 0.25) is 0 Å². The van der Waals surface area contributed by atoms with Gasteiger partial charge < -0.3 is 0 Å². The molecule has 0 bridgehead atoms. The van der Waals surface area contributed by atoms with Gasteiger partial charge in [0.05, 0.1) is 0 Å². The van der Waals surface area contributed by atoms with E-state index in [1.54, 1.807) is 0 Å². The Hall–Kier alpha value is -1.67. The van der Waals surface area contributed by atoms with Crippen LogP contribution >= 0.6 is 11.6 Å². The summed E-state index contributed by atoms with van der Waals surface area (Å²) < 4.78 is 0. The van der Waals surface area contributed by atoms with Crippen molar-refractivity contribution in [2.45, 2.75) is 63.7 Å². The van der Waals surface area contributed by atoms with Gasteiger partial charge in [-0.15, -0.1) is 0 Å². The minimum absolute atomic E-state index is 0.117. The highest BCUT2D eigenvalue weighted by molar-refractivity contribution is 6.31. The molecule has 0 aliphatic heterocycles. The Morgan fingerprint density at radius 3 is 2.27 bits per heavy atom. The summed E-state index contributed by atoms with van der Waals surface area (Å²) in [6, 6.07) is 12.4. The molecule has 1 aromatic heterocycles. The highest BCUT2D eigenvalue weighted by atomic mass is 35.5. The molecule has 0 spiro atoms. The molecule has 0 unspecified atom stereocenters. The van der Waals surface area contributed by atoms with Crippen LogP contribution in [-0.2, 0) is 6.42 Å². The molecule has 2 aromatic rings. The first kappa shape index (κ1) is 17.7. The summed E-state index contributed by atoms with van der Waals surface area (Å²) in [4.78, 5) is 18.0. The van der Waals surface area contributed by atoms with Gasteiger partial charge >= 0.3 is 0 Å². The van der Waals surface area contributed by atoms with Crippen molar-refractivity contribution in [3.05, 3.63) is 63.9 Å². The Morgan fingerprint density at radius 2 is 1.62 bits per heavy atom. The van der Waals surface area contributed by atoms with E-state index in [9.17, 15) is 4.79 Å². The zero-order valence-corrected chi connectivity index (χ0v) is 16.1. The van der Waals surface area contributed by atoms with Crippen LogP contribution in [-0.4, -0.2) is 10.8 Å². The molecular weight excluding hydrogens is 342 g/mol. The van der Waals surface area contributed by atoms with Crippen LogP contribution in [0, 0.1) is 5.92 Å². The number of benzene rings is 1. The van der Waals surface area contributed by atoms with Gasteiger partial charge in [0.25, 0.3) is 0 Å². The number of halogens is 1. The predicted molar refractivity (Wildman–Crippen MR) is 106 cm³/mol. The zero-order valence-electron chi connectivity index (χ0n) is 15.4. The molecule has 26 heavy (non-hydrogen) atoms. The molecular formula is C23H26ClNO. The maximum atomic E-state index is 13.2. The second kappa shape index (κ2) is 7.52. The molecule has 0 amide bonds. The van der Waals surface area contributed by atoms with E-state index in [0.29, 0.717) is 11.8 Å². The van der Waals surface area contributed by atoms with E-state index < -0.39 is 0 Å². The summed E-state index contributed by atoms with van der Waals surface area (Å²) in [6.07, 6.45) is 7.23. The molecule has 0 N–H and O–H groups in total. The smallest absolute Gasteiger partial charge is 0.184 e. The largest absolute Gasteiger partial charge is 0.292 e. The molecule has 0 saturated heterocycles. The van der Waals surface area contributed by atoms with E-state index in [1.807, 2.05) is 12.1 Å². The zero-order chi connectivity index (χ0) is 18.1. The van der Waals surface area contributed by atoms with Gasteiger partial charge in [0.1, 0.15) is 5.69 Å². The monoisotopic (exact) mass is 367 g/mol. The first-order valence-corrected chi connectivity index (χ1v) is 10.3. The van der Waals surface area contributed by atoms with Crippen LogP contribution in [0.1, 0.15) is 84.6 Å². The molecule has 2 aliphatic rings. The second-order valence-electron chi connectivity index (χ2n) is 7.80. The van der Waals surface area contributed by atoms with E-state index in [2.05, 4.69) is 31.2 Å². The molecule has 0 atom stereocenters. The van der Waals surface area contributed by atoms with Crippen molar-refractivity contribution < 1.29 is 4.79 Å². The quantitative estimate of drug-likeness (QED) is 0.578. The average Bonchev–Trinajstić information content (AvgIpc) is 3.53. The van der Waals surface area contributed by atoms with Crippen LogP contribution in [0.2, 0.25) is 5.02 Å². The summed E-state index contributed by atoms with van der Waals surface area (Å²) in [6.45, 7) is 2.10. The van der Waals surface area contributed by atoms with Crippen molar-refractivity contribution >= 4 is 17.4 Å². The molecule has 3 heteroatoms. The SMILES string of the molecule is CCc1ccc(C2CC2)c(C(=O)C2CCC(c3ccccc3Cl)CC2)n1. The van der Waals surface area contributed by atoms with Gasteiger partial charge in [0, 0.05) is 16.6 Å². The maximum Gasteiger partial charge on any atom is 0.184 e. The van der Waals surface area contributed by atoms with E-state index in [0.717, 1.165) is 48.5 Å². The fourth-order valence-electron chi connectivity index (χ4n) is 4.29. The van der Waals surface area contributed by atoms with Crippen LogP contribution in [0.15, 0.2) is 36.4 Å². The summed E-state index contributed by atoms with van der Waals surface area (Å²) in [5, 5.41) is 0.857. The number of aryl methyl sites for hydroxylation is 1. The average molecular weight is 368 g/mol. The third kappa shape index (κ3) is 3.57. The fraction of sp³-hybridized carbons (Fsp3) is 0.478. The first-order valence-electron chi connectivity index (χ1n) is 9.95. The van der Waals surface area contributed by atoms with Gasteiger partial charge in [0.15, 0.2) is 5.78 Å². The van der Waals surface area contributed by atoms with Crippen LogP contribution in [0.25, 0.3) is 0 Å². The van der Waals surface area contributed by atoms with E-state index in [-0.39, 0.29) is 11.7 Å². The summed E-state index contributed by atoms with van der Waals surface area (Å²) >= 11 is 6.37. The molecule has 2 nitrogen and oxygen atoms in total. The number of rotatable bonds is 5. The van der Waals surface area contributed by atoms with E-state index in [1.165, 1.54) is 24.0 Å². The second-order valence-corrected chi connectivity index (χ2v) is 8.21. The van der Waals surface area contributed by atoms with Crippen molar-refractivity contribution in [2.24, 2.45) is 5.92 Å². The van der Waals surface area contributed by atoms with Crippen LogP contribution in [0.5, 0.6) is 0 Å². The number of pyridine rings is 1. The van der Waals surface area contributed by atoms with Gasteiger partial charge in [-0.1, -0.05) is 42.8 Å². The minimum atomic E-state index is 0.117. The molecule has 2 aliphatic carbocycles. The van der Waals surface area contributed by atoms with Crippen LogP contribution in [0.4, 0.5) is 0 Å². The summed E-state index contributed by atoms with van der Waals surface area (Å²) in [5.74, 6) is 1.43. The maximum absolute atomic E-state index is 13.2. The number of hydrogen-bond donors (Lipinski definition) is 0. The molecule has 1 aromatic carbocycles. The Labute approximate surface area is 161 Å². The minimum Gasteiger partial charge on any atom is -0.292 e. The topological polar surface area (TPSA) is 30.0 Å². The van der Waals surface area contributed by atoms with Crippen molar-refractivity contribution in [1.29, 1.82) is 0 Å². The lowest BCUT2D eigenvalue weighted by Gasteiger charge is -2.28. The van der Waals surface area contributed by atoms with Crippen LogP contribution in [0.3, 0.4) is 0 Å². The van der Waals surface area contributed by atoms with Gasteiger partial charge in [-0.25, -0.2) is 4.98 Å². The fourth-order valence-corrected chi connectivity index (χ4v) is 4.58. The van der Waals surface area contributed by atoms with Gasteiger partial charge in [-0.2, -0.15) is 0 Å². The number of carbonyl (C=O) groups is 1. The summed E-state index contributed by atoms with van der Waals surface area (Å²) in [5.41, 5.74) is 4.24. The van der Waals surface area contributed by atoms with Crippen molar-refractivity contribution in [1.82, 2.24) is 4.98 Å². The predicted octanol–water partition coefficient (Wildman–Crippen LogP) is 6.33. The Kier molecular flexibility index (Phi) is 5.13. The number of aromatic nitrogens is 1. The van der Waals surface area contributed by atoms with Crippen molar-refractivity contribution in [3.8, 4) is 0 Å². The lowest BCUT2D eigenvalue weighted by atomic mass is 9.76. The molecule has 136 valence electrons. The number of ketones is 1. The van der Waals surface area contributed by atoms with Gasteiger partial charge in [-0.05, 0) is 80.0 Å². The lowest BCUT2D eigenvalue weighted by molar-refractivity contribution is 0.0877. The number of hydrogen-bond acceptors (Lipinski definition) is 2. The first-order chi connectivity index (χ1) is 12.7. The Morgan fingerprint density at radius 1 is 0.962 bits per heavy atom. The van der Waals surface area contributed by atoms with Gasteiger partial charge in [-0.3, -0.25) is 4.79 Å². The molecule has 4 rings (SSSR count). The number of carbonyl (C=O) groups excluding carboxylic acids is 1. The van der Waals surface area contributed by atoms with Crippen molar-refractivity contribution in [2.75, 3.05) is 0 Å². The number of nitrogens with zero attached hydrogens (tertiary/aromatic N) is 1. The highest BCUT2D eigenvalue weighted by Gasteiger charge is 2.34. The lowest BCUT2D eigenvalue weighted by Crippen LogP contribution is -2.23. The molecule has 2 saturated carbocycles. The summed E-state index contributed by atoms with van der Waals surface area (Å²) in [7, 11) is 0. The molecule has 1 heterocycles. The Balaban J connectivity index is 1.50. The highest BCUT2D eigenvalue weighted by Crippen LogP contribution is 2.43. The molecule has 2 fully saturated rings. The van der Waals surface area contributed by atoms with Crippen LogP contribution < -0.4 is 0 Å². The standard InChI is InChI=1S/C23H26ClNO/c1-2-18-13-14-20(16-7-8-16)22(25-18)23(26)17-11-9-15(10-12-17)19-5-3-4-6-21(19)24/h3-6,13-17H,2,7-12H2,1H3. The Bertz CT molecular complexity index is 804. The third-order valence-electron chi connectivity index (χ3n) is 6.04. The molecule has 0 radical (unpaired) electrons. The number of Topliss-reactive ketones (excluding diaryl/α,β-unsaturated/α-hetero) is 1. The van der Waals surface area contributed by atoms with E-state index >= 15 is 0 Å². The van der Waals surface area contributed by atoms with Crippen molar-refractivity contribution in [3.63, 3.8) is 0 Å².